The van der Waals surface area contributed by atoms with E-state index in [0.717, 1.165) is 10.8 Å². The molecule has 6 nitrogen and oxygen atoms in total. The smallest absolute Gasteiger partial charge is 0.264 e. The van der Waals surface area contributed by atoms with Gasteiger partial charge in [-0.3, -0.25) is 9.59 Å². The summed E-state index contributed by atoms with van der Waals surface area (Å²) in [6, 6.07) is 12.0. The molecule has 0 aliphatic rings. The van der Waals surface area contributed by atoms with E-state index in [1.54, 1.807) is 26.0 Å². The van der Waals surface area contributed by atoms with Crippen LogP contribution < -0.4 is 10.0 Å². The van der Waals surface area contributed by atoms with Crippen molar-refractivity contribution in [2.45, 2.75) is 38.1 Å². The van der Waals surface area contributed by atoms with E-state index in [4.69, 9.17) is 0 Å². The summed E-state index contributed by atoms with van der Waals surface area (Å²) in [6.07, 6.45) is 0. The highest BCUT2D eigenvalue weighted by molar-refractivity contribution is 7.90. The van der Waals surface area contributed by atoms with Crippen LogP contribution in [0.2, 0.25) is 0 Å². The zero-order valence-electron chi connectivity index (χ0n) is 14.7. The van der Waals surface area contributed by atoms with Gasteiger partial charge in [-0.2, -0.15) is 0 Å². The molecule has 0 radical (unpaired) electrons. The zero-order chi connectivity index (χ0) is 18.8. The molecule has 2 aromatic rings. The second kappa shape index (κ2) is 6.84. The molecule has 134 valence electrons. The van der Waals surface area contributed by atoms with Crippen LogP contribution in [0.4, 0.5) is 0 Å². The van der Waals surface area contributed by atoms with E-state index in [9.17, 15) is 18.0 Å². The van der Waals surface area contributed by atoms with Gasteiger partial charge in [0.15, 0.2) is 0 Å². The first kappa shape index (κ1) is 18.9. The fourth-order valence-corrected chi connectivity index (χ4v) is 3.55. The van der Waals surface area contributed by atoms with Crippen LogP contribution in [0.1, 0.15) is 27.7 Å². The molecule has 0 saturated carbocycles. The van der Waals surface area contributed by atoms with Gasteiger partial charge in [0.05, 0.1) is 4.90 Å². The fourth-order valence-electron chi connectivity index (χ4n) is 2.45. The van der Waals surface area contributed by atoms with Gasteiger partial charge in [0, 0.05) is 6.92 Å². The van der Waals surface area contributed by atoms with E-state index >= 15 is 0 Å². The van der Waals surface area contributed by atoms with Gasteiger partial charge in [-0.15, -0.1) is 0 Å². The lowest BCUT2D eigenvalue weighted by atomic mass is 9.87. The van der Waals surface area contributed by atoms with Crippen molar-refractivity contribution in [2.24, 2.45) is 5.92 Å². The summed E-state index contributed by atoms with van der Waals surface area (Å²) < 4.78 is 27.3. The predicted molar refractivity (Wildman–Crippen MR) is 96.3 cm³/mol. The van der Waals surface area contributed by atoms with E-state index < -0.39 is 27.4 Å². The number of carbonyl (C=O) groups is 2. The molecule has 25 heavy (non-hydrogen) atoms. The maximum absolute atomic E-state index is 12.6. The van der Waals surface area contributed by atoms with Crippen molar-refractivity contribution in [3.05, 3.63) is 42.5 Å². The minimum atomic E-state index is -4.05. The summed E-state index contributed by atoms with van der Waals surface area (Å²) >= 11 is 0. The van der Waals surface area contributed by atoms with Crippen molar-refractivity contribution >= 4 is 32.6 Å². The Morgan fingerprint density at radius 2 is 1.64 bits per heavy atom. The first-order valence-corrected chi connectivity index (χ1v) is 9.39. The first-order valence-electron chi connectivity index (χ1n) is 7.91. The Hall–Kier alpha value is -2.41. The van der Waals surface area contributed by atoms with E-state index in [1.165, 1.54) is 26.0 Å². The lowest BCUT2D eigenvalue weighted by molar-refractivity contribution is -0.132. The molecule has 0 bridgehead atoms. The molecule has 0 aliphatic heterocycles. The minimum absolute atomic E-state index is 0.00604. The molecule has 2 rings (SSSR count). The Bertz CT molecular complexity index is 922. The number of rotatable bonds is 5. The maximum Gasteiger partial charge on any atom is 0.264 e. The molecule has 2 amide bonds. The second-order valence-electron chi connectivity index (χ2n) is 6.48. The normalized spacial score (nSPS) is 14.1. The van der Waals surface area contributed by atoms with Crippen LogP contribution in [-0.2, 0) is 19.6 Å². The fraction of sp³-hybridized carbons (Fsp3) is 0.333. The van der Waals surface area contributed by atoms with Gasteiger partial charge in [-0.25, -0.2) is 13.1 Å². The molecule has 0 saturated heterocycles. The van der Waals surface area contributed by atoms with E-state index in [2.05, 4.69) is 10.0 Å². The van der Waals surface area contributed by atoms with Crippen LogP contribution in [-0.4, -0.2) is 25.8 Å². The highest BCUT2D eigenvalue weighted by atomic mass is 32.2. The van der Waals surface area contributed by atoms with Gasteiger partial charge >= 0.3 is 0 Å². The summed E-state index contributed by atoms with van der Waals surface area (Å²) in [5.41, 5.74) is -1.34. The van der Waals surface area contributed by atoms with Crippen molar-refractivity contribution in [2.75, 3.05) is 0 Å². The van der Waals surface area contributed by atoms with Crippen molar-refractivity contribution in [3.8, 4) is 0 Å². The molecule has 1 atom stereocenters. The third-order valence-electron chi connectivity index (χ3n) is 4.32. The van der Waals surface area contributed by atoms with Gasteiger partial charge in [0.1, 0.15) is 5.54 Å². The number of amides is 2. The van der Waals surface area contributed by atoms with E-state index in [-0.39, 0.29) is 10.8 Å². The summed E-state index contributed by atoms with van der Waals surface area (Å²) in [5, 5.41) is 4.20. The zero-order valence-corrected chi connectivity index (χ0v) is 15.5. The van der Waals surface area contributed by atoms with Crippen LogP contribution >= 0.6 is 0 Å². The van der Waals surface area contributed by atoms with Gasteiger partial charge in [-0.05, 0) is 35.7 Å². The molecule has 0 spiro atoms. The predicted octanol–water partition coefficient (Wildman–Crippen LogP) is 2.20. The van der Waals surface area contributed by atoms with Crippen LogP contribution in [0, 0.1) is 5.92 Å². The highest BCUT2D eigenvalue weighted by Gasteiger charge is 2.39. The Morgan fingerprint density at radius 1 is 1.04 bits per heavy atom. The average molecular weight is 362 g/mol. The molecule has 0 fully saturated rings. The van der Waals surface area contributed by atoms with Crippen LogP contribution in [0.3, 0.4) is 0 Å². The molecule has 2 aromatic carbocycles. The molecular weight excluding hydrogens is 340 g/mol. The molecule has 2 N–H and O–H groups in total. The molecule has 0 aromatic heterocycles. The number of hydrogen-bond donors (Lipinski definition) is 2. The molecule has 7 heteroatoms. The maximum atomic E-state index is 12.6. The van der Waals surface area contributed by atoms with Gasteiger partial charge in [-0.1, -0.05) is 44.2 Å². The lowest BCUT2D eigenvalue weighted by Crippen LogP contribution is -2.60. The molecule has 0 heterocycles. The van der Waals surface area contributed by atoms with Crippen molar-refractivity contribution in [1.82, 2.24) is 10.0 Å². The Kier molecular flexibility index (Phi) is 5.17. The molecule has 1 unspecified atom stereocenters. The average Bonchev–Trinajstić information content (AvgIpc) is 2.53. The van der Waals surface area contributed by atoms with E-state index in [1.807, 2.05) is 18.2 Å². The first-order chi connectivity index (χ1) is 11.6. The quantitative estimate of drug-likeness (QED) is 0.853. The number of carbonyl (C=O) groups excluding carboxylic acids is 2. The third kappa shape index (κ3) is 3.99. The number of fused-ring (bicyclic) bond motifs is 1. The number of nitrogens with one attached hydrogen (secondary N) is 2. The standard InChI is InChI=1S/C18H22N2O4S/c1-12(2)18(4,19-13(3)21)17(22)20-25(23,24)16-10-9-14-7-5-6-8-15(14)11-16/h5-12H,1-4H3,(H,19,21)(H,20,22). The minimum Gasteiger partial charge on any atom is -0.342 e. The highest BCUT2D eigenvalue weighted by Crippen LogP contribution is 2.21. The van der Waals surface area contributed by atoms with Gasteiger partial charge in [0.25, 0.3) is 15.9 Å². The Labute approximate surface area is 147 Å². The molecule has 0 aliphatic carbocycles. The lowest BCUT2D eigenvalue weighted by Gasteiger charge is -2.32. The van der Waals surface area contributed by atoms with Crippen molar-refractivity contribution < 1.29 is 18.0 Å². The SMILES string of the molecule is CC(=O)NC(C)(C(=O)NS(=O)(=O)c1ccc2ccccc2c1)C(C)C. The number of hydrogen-bond acceptors (Lipinski definition) is 4. The topological polar surface area (TPSA) is 92.3 Å². The van der Waals surface area contributed by atoms with Gasteiger partial charge < -0.3 is 5.32 Å². The Balaban J connectivity index is 2.35. The van der Waals surface area contributed by atoms with Gasteiger partial charge in [0.2, 0.25) is 5.91 Å². The second-order valence-corrected chi connectivity index (χ2v) is 8.16. The summed E-state index contributed by atoms with van der Waals surface area (Å²) in [4.78, 5) is 24.0. The third-order valence-corrected chi connectivity index (χ3v) is 5.65. The summed E-state index contributed by atoms with van der Waals surface area (Å²) in [5.74, 6) is -1.48. The Morgan fingerprint density at radius 3 is 2.20 bits per heavy atom. The van der Waals surface area contributed by atoms with Crippen LogP contribution in [0.25, 0.3) is 10.8 Å². The largest absolute Gasteiger partial charge is 0.342 e. The number of sulfonamides is 1. The molecular formula is C18H22N2O4S. The van der Waals surface area contributed by atoms with E-state index in [0.29, 0.717) is 0 Å². The number of benzene rings is 2. The van der Waals surface area contributed by atoms with Crippen LogP contribution in [0.15, 0.2) is 47.4 Å². The van der Waals surface area contributed by atoms with Crippen molar-refractivity contribution in [1.29, 1.82) is 0 Å². The van der Waals surface area contributed by atoms with Crippen molar-refractivity contribution in [3.63, 3.8) is 0 Å². The van der Waals surface area contributed by atoms with Crippen LogP contribution in [0.5, 0.6) is 0 Å². The summed E-state index contributed by atoms with van der Waals surface area (Å²) in [6.45, 7) is 6.26. The summed E-state index contributed by atoms with van der Waals surface area (Å²) in [7, 11) is -4.05. The monoisotopic (exact) mass is 362 g/mol.